The van der Waals surface area contributed by atoms with Crippen molar-refractivity contribution < 1.29 is 4.84 Å². The van der Waals surface area contributed by atoms with Crippen LogP contribution in [0.2, 0.25) is 0 Å². The average Bonchev–Trinajstić information content (AvgIpc) is 2.85. The van der Waals surface area contributed by atoms with E-state index in [1.54, 1.807) is 0 Å². The number of aromatic nitrogens is 1. The van der Waals surface area contributed by atoms with Crippen molar-refractivity contribution in [3.8, 4) is 0 Å². The Kier molecular flexibility index (Phi) is 5.04. The molecule has 0 spiro atoms. The van der Waals surface area contributed by atoms with Gasteiger partial charge in [0.1, 0.15) is 5.76 Å². The minimum absolute atomic E-state index is 0.808. The number of hydrogen-bond acceptors (Lipinski definition) is 2. The summed E-state index contributed by atoms with van der Waals surface area (Å²) in [7, 11) is 0. The fourth-order valence-electron chi connectivity index (χ4n) is 2.15. The van der Waals surface area contributed by atoms with E-state index in [4.69, 9.17) is 4.84 Å². The number of H-pyrrole nitrogens is 1. The van der Waals surface area contributed by atoms with Crippen LogP contribution in [0.15, 0.2) is 42.3 Å². The van der Waals surface area contributed by atoms with E-state index in [0.29, 0.717) is 0 Å². The topological polar surface area (TPSA) is 37.0 Å². The quantitative estimate of drug-likeness (QED) is 0.448. The fraction of sp³-hybridized carbons (Fsp3) is 0.375. The summed E-state index contributed by atoms with van der Waals surface area (Å²) in [6.45, 7) is 5.02. The zero-order chi connectivity index (χ0) is 13.5. The second-order valence-electron chi connectivity index (χ2n) is 4.54. The molecule has 0 saturated heterocycles. The number of aromatic amines is 1. The minimum Gasteiger partial charge on any atom is -0.414 e. The molecule has 2 rings (SSSR count). The Bertz CT molecular complexity index is 542. The number of para-hydroxylation sites is 1. The maximum atomic E-state index is 5.54. The molecule has 3 heteroatoms. The summed E-state index contributed by atoms with van der Waals surface area (Å²) >= 11 is 0. The van der Waals surface area contributed by atoms with Crippen LogP contribution in [-0.2, 0) is 11.3 Å². The molecule has 0 aliphatic heterocycles. The van der Waals surface area contributed by atoms with Gasteiger partial charge in [0.2, 0.25) is 0 Å². The second kappa shape index (κ2) is 7.00. The molecule has 0 unspecified atom stereocenters. The molecule has 0 atom stereocenters. The molecule has 19 heavy (non-hydrogen) atoms. The van der Waals surface area contributed by atoms with Crippen LogP contribution >= 0.6 is 0 Å². The lowest BCUT2D eigenvalue weighted by atomic mass is 10.1. The maximum absolute atomic E-state index is 5.54. The first-order valence-electron chi connectivity index (χ1n) is 6.98. The van der Waals surface area contributed by atoms with E-state index in [-0.39, 0.29) is 0 Å². The van der Waals surface area contributed by atoms with E-state index in [1.807, 2.05) is 6.07 Å². The van der Waals surface area contributed by atoms with Crippen molar-refractivity contribution in [1.82, 2.24) is 10.5 Å². The van der Waals surface area contributed by atoms with Crippen LogP contribution in [0.25, 0.3) is 10.9 Å². The van der Waals surface area contributed by atoms with E-state index in [2.05, 4.69) is 54.8 Å². The van der Waals surface area contributed by atoms with Crippen molar-refractivity contribution in [2.45, 2.75) is 33.1 Å². The molecule has 0 aliphatic rings. The summed E-state index contributed by atoms with van der Waals surface area (Å²) in [5.41, 5.74) is 5.56. The van der Waals surface area contributed by atoms with Crippen molar-refractivity contribution in [1.29, 1.82) is 0 Å². The van der Waals surface area contributed by atoms with E-state index in [1.165, 1.54) is 16.5 Å². The maximum Gasteiger partial charge on any atom is 0.120 e. The highest BCUT2D eigenvalue weighted by Gasteiger charge is 2.02. The number of hydroxylamine groups is 1. The zero-order valence-corrected chi connectivity index (χ0v) is 11.7. The summed E-state index contributed by atoms with van der Waals surface area (Å²) in [6, 6.07) is 8.37. The third-order valence-electron chi connectivity index (χ3n) is 3.15. The van der Waals surface area contributed by atoms with Gasteiger partial charge in [-0.15, -0.1) is 0 Å². The fourth-order valence-corrected chi connectivity index (χ4v) is 2.15. The molecule has 2 N–H and O–H groups in total. The molecule has 0 saturated carbocycles. The summed E-state index contributed by atoms with van der Waals surface area (Å²) in [5, 5.41) is 1.30. The second-order valence-corrected chi connectivity index (χ2v) is 4.54. The normalized spacial score (nSPS) is 12.0. The average molecular weight is 258 g/mol. The van der Waals surface area contributed by atoms with Crippen LogP contribution in [0.3, 0.4) is 0 Å². The van der Waals surface area contributed by atoms with Gasteiger partial charge in [-0.2, -0.15) is 5.48 Å². The third-order valence-corrected chi connectivity index (χ3v) is 3.15. The van der Waals surface area contributed by atoms with Crippen LogP contribution in [0, 0.1) is 0 Å². The minimum atomic E-state index is 0.808. The predicted octanol–water partition coefficient (Wildman–Crippen LogP) is 3.94. The van der Waals surface area contributed by atoms with Gasteiger partial charge in [0.25, 0.3) is 0 Å². The summed E-state index contributed by atoms with van der Waals surface area (Å²) in [5.74, 6) is 1.02. The number of hydrogen-bond donors (Lipinski definition) is 2. The Labute approximate surface area is 114 Å². The van der Waals surface area contributed by atoms with E-state index in [0.717, 1.165) is 31.6 Å². The smallest absolute Gasteiger partial charge is 0.120 e. The van der Waals surface area contributed by atoms with Crippen molar-refractivity contribution in [3.63, 3.8) is 0 Å². The number of fused-ring (bicyclic) bond motifs is 1. The molecule has 102 valence electrons. The largest absolute Gasteiger partial charge is 0.414 e. The molecule has 0 radical (unpaired) electrons. The first-order chi connectivity index (χ1) is 9.35. The van der Waals surface area contributed by atoms with Crippen LogP contribution in [0.1, 0.15) is 32.3 Å². The molecule has 1 heterocycles. The van der Waals surface area contributed by atoms with E-state index < -0.39 is 0 Å². The molecule has 1 aromatic heterocycles. The van der Waals surface area contributed by atoms with Crippen LogP contribution in [0.4, 0.5) is 0 Å². The van der Waals surface area contributed by atoms with Gasteiger partial charge in [-0.05, 0) is 30.5 Å². The molecular formula is C16H22N2O. The summed E-state index contributed by atoms with van der Waals surface area (Å²) < 4.78 is 0. The van der Waals surface area contributed by atoms with Crippen molar-refractivity contribution in [2.24, 2.45) is 0 Å². The predicted molar refractivity (Wildman–Crippen MR) is 79.8 cm³/mol. The molecule has 0 amide bonds. The van der Waals surface area contributed by atoms with Gasteiger partial charge in [0, 0.05) is 30.1 Å². The molecule has 3 nitrogen and oxygen atoms in total. The lowest BCUT2D eigenvalue weighted by Gasteiger charge is -2.08. The van der Waals surface area contributed by atoms with Gasteiger partial charge < -0.3 is 9.82 Å². The lowest BCUT2D eigenvalue weighted by Crippen LogP contribution is -2.17. The molecule has 1 aromatic carbocycles. The van der Waals surface area contributed by atoms with E-state index in [9.17, 15) is 0 Å². The van der Waals surface area contributed by atoms with Crippen LogP contribution in [0.5, 0.6) is 0 Å². The molecule has 0 bridgehead atoms. The van der Waals surface area contributed by atoms with Crippen molar-refractivity contribution in [2.75, 3.05) is 6.54 Å². The van der Waals surface area contributed by atoms with Crippen molar-refractivity contribution in [3.05, 3.63) is 47.9 Å². The van der Waals surface area contributed by atoms with Gasteiger partial charge in [0.05, 0.1) is 0 Å². The highest BCUT2D eigenvalue weighted by Crippen LogP contribution is 2.17. The number of benzene rings is 1. The molecular weight excluding hydrogens is 236 g/mol. The van der Waals surface area contributed by atoms with Gasteiger partial charge >= 0.3 is 0 Å². The Morgan fingerprint density at radius 1 is 1.32 bits per heavy atom. The Morgan fingerprint density at radius 3 is 2.95 bits per heavy atom. The van der Waals surface area contributed by atoms with Gasteiger partial charge in [-0.1, -0.05) is 32.0 Å². The Hall–Kier alpha value is -1.74. The van der Waals surface area contributed by atoms with Gasteiger partial charge in [0.15, 0.2) is 0 Å². The third kappa shape index (κ3) is 3.61. The molecule has 0 aliphatic carbocycles. The highest BCUT2D eigenvalue weighted by atomic mass is 16.6. The Balaban J connectivity index is 1.84. The number of rotatable bonds is 7. The highest BCUT2D eigenvalue weighted by molar-refractivity contribution is 5.83. The first kappa shape index (κ1) is 13.7. The van der Waals surface area contributed by atoms with Crippen LogP contribution in [-0.4, -0.2) is 11.5 Å². The van der Waals surface area contributed by atoms with Crippen molar-refractivity contribution >= 4 is 10.9 Å². The Morgan fingerprint density at radius 2 is 2.16 bits per heavy atom. The first-order valence-corrected chi connectivity index (χ1v) is 6.98. The van der Waals surface area contributed by atoms with Gasteiger partial charge in [-0.3, -0.25) is 0 Å². The molecule has 2 aromatic rings. The standard InChI is InChI=1S/C16H22N2O/c1-3-7-14(4-2)19-18-11-10-13-12-17-16-9-6-5-8-15(13)16/h5-9,12,17-18H,3-4,10-11H2,1-2H3/b14-7+. The number of allylic oxidation sites excluding steroid dienone is 2. The zero-order valence-electron chi connectivity index (χ0n) is 11.7. The molecule has 0 fully saturated rings. The lowest BCUT2D eigenvalue weighted by molar-refractivity contribution is 0.100. The summed E-state index contributed by atoms with van der Waals surface area (Å²) in [4.78, 5) is 8.83. The monoisotopic (exact) mass is 258 g/mol. The SMILES string of the molecule is CC/C=C(\CC)ONCCc1c[nH]c2ccccc12. The number of nitrogens with one attached hydrogen (secondary N) is 2. The van der Waals surface area contributed by atoms with Gasteiger partial charge in [-0.25, -0.2) is 0 Å². The summed E-state index contributed by atoms with van der Waals surface area (Å²) in [6.07, 6.45) is 7.07. The van der Waals surface area contributed by atoms with Crippen LogP contribution < -0.4 is 5.48 Å². The van der Waals surface area contributed by atoms with E-state index >= 15 is 0 Å².